The maximum Gasteiger partial charge on any atom is 0.407 e. The summed E-state index contributed by atoms with van der Waals surface area (Å²) < 4.78 is 27.9. The first-order chi connectivity index (χ1) is 22.6. The van der Waals surface area contributed by atoms with Gasteiger partial charge >= 0.3 is 12.2 Å². The Kier molecular flexibility index (Phi) is 14.4. The van der Waals surface area contributed by atoms with Crippen LogP contribution in [0.25, 0.3) is 0 Å². The Balaban J connectivity index is 0.000000307. The molecule has 49 heavy (non-hydrogen) atoms. The predicted molar refractivity (Wildman–Crippen MR) is 186 cm³/mol. The first-order valence-corrected chi connectivity index (χ1v) is 18.0. The lowest BCUT2D eigenvalue weighted by Crippen LogP contribution is -2.48. The van der Waals surface area contributed by atoms with Crippen LogP contribution in [0.2, 0.25) is 0 Å². The number of nitrogens with one attached hydrogen (secondary N) is 2. The van der Waals surface area contributed by atoms with Gasteiger partial charge in [-0.05, 0) is 51.0 Å². The number of hydrogen-bond acceptors (Lipinski definition) is 10. The summed E-state index contributed by atoms with van der Waals surface area (Å²) in [4.78, 5) is 73.5. The second-order valence-corrected chi connectivity index (χ2v) is 15.6. The van der Waals surface area contributed by atoms with Crippen molar-refractivity contribution in [2.45, 2.75) is 59.2 Å². The van der Waals surface area contributed by atoms with Gasteiger partial charge in [0.15, 0.2) is 0 Å². The number of sulfone groups is 1. The first-order valence-electron chi connectivity index (χ1n) is 15.3. The quantitative estimate of drug-likeness (QED) is 0.219. The molecule has 0 saturated heterocycles. The van der Waals surface area contributed by atoms with E-state index in [9.17, 15) is 37.2 Å². The first kappa shape index (κ1) is 40.7. The summed E-state index contributed by atoms with van der Waals surface area (Å²) in [5.74, 6) is -1.25. The fourth-order valence-corrected chi connectivity index (χ4v) is 5.68. The zero-order valence-electron chi connectivity index (χ0n) is 28.6. The number of amides is 6. The minimum Gasteiger partial charge on any atom is -0.465 e. The molecule has 3 N–H and O–H groups in total. The van der Waals surface area contributed by atoms with E-state index in [0.29, 0.717) is 11.1 Å². The summed E-state index contributed by atoms with van der Waals surface area (Å²) >= 11 is 4.18. The molecule has 6 amide bonds. The molecule has 0 fully saturated rings. The van der Waals surface area contributed by atoms with Gasteiger partial charge in [0.1, 0.15) is 15.4 Å². The van der Waals surface area contributed by atoms with Crippen LogP contribution in [0.3, 0.4) is 0 Å². The van der Waals surface area contributed by atoms with Gasteiger partial charge in [0.05, 0.1) is 53.2 Å². The third kappa shape index (κ3) is 12.5. The number of carbonyl (C=O) groups is 6. The number of imide groups is 2. The number of hydrogen-bond donors (Lipinski definition) is 4. The predicted octanol–water partition coefficient (Wildman–Crippen LogP) is 3.73. The Morgan fingerprint density at radius 3 is 1.41 bits per heavy atom. The van der Waals surface area contributed by atoms with Crippen LogP contribution in [0.4, 0.5) is 9.59 Å². The minimum atomic E-state index is -3.49. The average molecular weight is 721 g/mol. The molecule has 2 aromatic rings. The zero-order valence-corrected chi connectivity index (χ0v) is 30.3. The Bertz CT molecular complexity index is 1600. The van der Waals surface area contributed by atoms with Crippen LogP contribution in [-0.4, -0.2) is 108 Å². The molecule has 2 aliphatic heterocycles. The lowest BCUT2D eigenvalue weighted by atomic mass is 10.1. The van der Waals surface area contributed by atoms with Gasteiger partial charge in [-0.2, -0.15) is 12.6 Å². The van der Waals surface area contributed by atoms with Crippen LogP contribution in [-0.2, 0) is 14.6 Å². The number of ether oxygens (including phenoxy) is 1. The second kappa shape index (κ2) is 17.3. The molecule has 14 nitrogen and oxygen atoms in total. The van der Waals surface area contributed by atoms with E-state index in [4.69, 9.17) is 9.84 Å². The molecule has 0 spiro atoms. The number of thiol groups is 1. The van der Waals surface area contributed by atoms with Crippen LogP contribution in [0.15, 0.2) is 48.5 Å². The van der Waals surface area contributed by atoms with Crippen LogP contribution in [0, 0.1) is 5.92 Å². The van der Waals surface area contributed by atoms with E-state index in [1.807, 2.05) is 5.32 Å². The van der Waals surface area contributed by atoms with Gasteiger partial charge in [0.25, 0.3) is 23.6 Å². The molecule has 2 atom stereocenters. The largest absolute Gasteiger partial charge is 0.465 e. The van der Waals surface area contributed by atoms with Crippen LogP contribution in [0.5, 0.6) is 0 Å². The number of fused-ring (bicyclic) bond motifs is 2. The summed E-state index contributed by atoms with van der Waals surface area (Å²) in [6, 6.07) is 11.3. The SMILES string of the molecule is CC(C)(C)OC(=O)N[C@@H](CS)CN1C(=O)c2ccccc2C1=O.CC(C)C.CS(=O)(=O)C[C@@H](CN1C(=O)c2ccccc2C1=O)NC(=O)O. The van der Waals surface area contributed by atoms with E-state index >= 15 is 0 Å². The molecule has 4 rings (SSSR count). The highest BCUT2D eigenvalue weighted by molar-refractivity contribution is 7.90. The maximum atomic E-state index is 12.3. The van der Waals surface area contributed by atoms with E-state index < -0.39 is 57.3 Å². The molecule has 0 radical (unpaired) electrons. The third-order valence-electron chi connectivity index (χ3n) is 6.34. The third-order valence-corrected chi connectivity index (χ3v) is 7.78. The Labute approximate surface area is 291 Å². The van der Waals surface area contributed by atoms with Crippen molar-refractivity contribution in [1.29, 1.82) is 0 Å². The van der Waals surface area contributed by atoms with Gasteiger partial charge < -0.3 is 20.5 Å². The molecule has 268 valence electrons. The molecule has 2 aliphatic rings. The molecular weight excluding hydrogens is 677 g/mol. The Morgan fingerprint density at radius 2 is 1.12 bits per heavy atom. The number of carbonyl (C=O) groups excluding carboxylic acids is 5. The number of nitrogens with zero attached hydrogens (tertiary/aromatic N) is 2. The molecule has 0 bridgehead atoms. The highest BCUT2D eigenvalue weighted by atomic mass is 32.2. The lowest BCUT2D eigenvalue weighted by Gasteiger charge is -2.25. The normalized spacial score (nSPS) is 15.0. The van der Waals surface area contributed by atoms with Crippen molar-refractivity contribution in [3.63, 3.8) is 0 Å². The number of carboxylic acid groups (broad SMARTS) is 1. The molecule has 0 aromatic heterocycles. The summed E-state index contributed by atoms with van der Waals surface area (Å²) in [7, 11) is -3.49. The highest BCUT2D eigenvalue weighted by Gasteiger charge is 2.38. The van der Waals surface area contributed by atoms with Crippen LogP contribution >= 0.6 is 12.6 Å². The van der Waals surface area contributed by atoms with Gasteiger partial charge in [0, 0.05) is 12.0 Å². The number of benzene rings is 2. The molecule has 16 heteroatoms. The molecule has 2 heterocycles. The molecule has 2 aromatic carbocycles. The second-order valence-electron chi connectivity index (χ2n) is 13.0. The topological polar surface area (TPSA) is 197 Å². The molecule has 0 saturated carbocycles. The summed E-state index contributed by atoms with van der Waals surface area (Å²) in [6.07, 6.45) is -1.08. The lowest BCUT2D eigenvalue weighted by molar-refractivity contribution is 0.0476. The van der Waals surface area contributed by atoms with Gasteiger partial charge in [-0.15, -0.1) is 0 Å². The summed E-state index contributed by atoms with van der Waals surface area (Å²) in [5.41, 5.74) is 0.586. The fraction of sp³-hybridized carbons (Fsp3) is 0.455. The van der Waals surface area contributed by atoms with Crippen LogP contribution < -0.4 is 10.6 Å². The van der Waals surface area contributed by atoms with Crippen molar-refractivity contribution in [2.24, 2.45) is 5.92 Å². The van der Waals surface area contributed by atoms with E-state index in [2.05, 4.69) is 38.7 Å². The number of rotatable bonds is 9. The molecule has 0 aliphatic carbocycles. The smallest absolute Gasteiger partial charge is 0.407 e. The monoisotopic (exact) mass is 720 g/mol. The van der Waals surface area contributed by atoms with Gasteiger partial charge in [-0.25, -0.2) is 18.0 Å². The van der Waals surface area contributed by atoms with Crippen molar-refractivity contribution in [1.82, 2.24) is 20.4 Å². The van der Waals surface area contributed by atoms with Crippen molar-refractivity contribution in [3.05, 3.63) is 70.8 Å². The summed E-state index contributed by atoms with van der Waals surface area (Å²) in [5, 5.41) is 13.4. The Hall–Kier alpha value is -4.44. The van der Waals surface area contributed by atoms with Crippen molar-refractivity contribution in [3.8, 4) is 0 Å². The maximum absolute atomic E-state index is 12.3. The zero-order chi connectivity index (χ0) is 37.3. The average Bonchev–Trinajstić information content (AvgIpc) is 3.35. The fourth-order valence-electron chi connectivity index (χ4n) is 4.55. The van der Waals surface area contributed by atoms with Gasteiger partial charge in [-0.3, -0.25) is 29.0 Å². The number of alkyl carbamates (subject to hydrolysis) is 1. The van der Waals surface area contributed by atoms with Crippen molar-refractivity contribution < 1.29 is 47.0 Å². The standard InChI is InChI=1S/C16H20N2O4S.C13H14N2O6S.C4H10/c1-16(2,3)22-15(21)17-10(9-23)8-18-13(19)11-6-4-5-7-12(11)14(18)20;1-22(20,21)7-8(14-13(18)19)6-15-11(16)9-4-2-3-5-10(9)12(15)17;1-4(2)3/h4-7,10,23H,8-9H2,1-3H3,(H,17,21);2-5,8,14H,6-7H2,1H3,(H,18,19);4H,1-3H3/t10-;8-;/m11./s1. The van der Waals surface area contributed by atoms with E-state index in [-0.39, 0.29) is 41.8 Å². The highest BCUT2D eigenvalue weighted by Crippen LogP contribution is 2.24. The van der Waals surface area contributed by atoms with E-state index in [1.54, 1.807) is 57.2 Å². The van der Waals surface area contributed by atoms with Crippen LogP contribution in [0.1, 0.15) is 83.0 Å². The van der Waals surface area contributed by atoms with Crippen molar-refractivity contribution in [2.75, 3.05) is 30.9 Å². The van der Waals surface area contributed by atoms with Gasteiger partial charge in [0.2, 0.25) is 0 Å². The van der Waals surface area contributed by atoms with E-state index in [0.717, 1.165) is 22.0 Å². The van der Waals surface area contributed by atoms with Gasteiger partial charge in [-0.1, -0.05) is 45.0 Å². The Morgan fingerprint density at radius 1 is 0.776 bits per heavy atom. The summed E-state index contributed by atoms with van der Waals surface area (Å²) in [6.45, 7) is 11.5. The van der Waals surface area contributed by atoms with Crippen molar-refractivity contribution >= 4 is 58.3 Å². The minimum absolute atomic E-state index is 0.0507. The molecular formula is C33H44N4O10S2. The van der Waals surface area contributed by atoms with E-state index in [1.165, 1.54) is 12.1 Å². The molecule has 0 unspecified atom stereocenters.